The quantitative estimate of drug-likeness (QED) is 0.821. The van der Waals surface area contributed by atoms with E-state index < -0.39 is 0 Å². The van der Waals surface area contributed by atoms with Crippen LogP contribution in [0.15, 0.2) is 12.1 Å². The summed E-state index contributed by atoms with van der Waals surface area (Å²) < 4.78 is 5.22. The molecule has 0 aliphatic rings. The lowest BCUT2D eigenvalue weighted by Crippen LogP contribution is -2.24. The number of hydrogen-bond acceptors (Lipinski definition) is 2. The van der Waals surface area contributed by atoms with Gasteiger partial charge in [0, 0.05) is 6.54 Å². The summed E-state index contributed by atoms with van der Waals surface area (Å²) in [5.41, 5.74) is 3.31. The Hall–Kier alpha value is -1.22. The monoisotopic (exact) mass is 241 g/mol. The van der Waals surface area contributed by atoms with E-state index in [0.29, 0.717) is 6.54 Å². The van der Waals surface area contributed by atoms with Crippen LogP contribution in [0.4, 0.5) is 0 Å². The molecule has 1 N–H and O–H groups in total. The van der Waals surface area contributed by atoms with Crippen molar-refractivity contribution in [1.29, 1.82) is 0 Å². The summed E-state index contributed by atoms with van der Waals surface area (Å²) in [4.78, 5) is 11.0. The molecule has 0 fully saturated rings. The predicted molar refractivity (Wildman–Crippen MR) is 65.0 cm³/mol. The molecular formula is C12H16ClNO2. The molecule has 0 heterocycles. The van der Waals surface area contributed by atoms with Crippen molar-refractivity contribution in [1.82, 2.24) is 5.32 Å². The van der Waals surface area contributed by atoms with Crippen LogP contribution in [0.3, 0.4) is 0 Å². The summed E-state index contributed by atoms with van der Waals surface area (Å²) in [6.45, 7) is 4.52. The third kappa shape index (κ3) is 2.89. The van der Waals surface area contributed by atoms with E-state index in [2.05, 4.69) is 5.32 Å². The van der Waals surface area contributed by atoms with Crippen molar-refractivity contribution < 1.29 is 9.53 Å². The van der Waals surface area contributed by atoms with Gasteiger partial charge in [0.1, 0.15) is 11.6 Å². The van der Waals surface area contributed by atoms with Crippen LogP contribution in [0.1, 0.15) is 16.7 Å². The maximum atomic E-state index is 11.0. The van der Waals surface area contributed by atoms with Crippen molar-refractivity contribution in [2.45, 2.75) is 20.4 Å². The number of carbonyl (C=O) groups excluding carboxylic acids is 1. The highest BCUT2D eigenvalue weighted by atomic mass is 35.5. The summed E-state index contributed by atoms with van der Waals surface area (Å²) in [5.74, 6) is 0.702. The Bertz CT molecular complexity index is 391. The SMILES string of the molecule is COc1ccc(CNC(=O)CCl)c(C)c1C. The molecule has 1 amide bonds. The minimum atomic E-state index is -0.158. The zero-order valence-electron chi connectivity index (χ0n) is 9.76. The first-order valence-corrected chi connectivity index (χ1v) is 5.59. The molecule has 0 bridgehead atoms. The molecule has 88 valence electrons. The van der Waals surface area contributed by atoms with Gasteiger partial charge in [-0.05, 0) is 36.6 Å². The molecule has 4 heteroatoms. The summed E-state index contributed by atoms with van der Waals surface area (Å²) >= 11 is 5.40. The molecule has 0 unspecified atom stereocenters. The van der Waals surface area contributed by atoms with Crippen LogP contribution in [0.25, 0.3) is 0 Å². The predicted octanol–water partition coefficient (Wildman–Crippen LogP) is 2.17. The fraction of sp³-hybridized carbons (Fsp3) is 0.417. The fourth-order valence-electron chi connectivity index (χ4n) is 1.51. The first-order valence-electron chi connectivity index (χ1n) is 5.06. The van der Waals surface area contributed by atoms with E-state index in [4.69, 9.17) is 16.3 Å². The zero-order valence-corrected chi connectivity index (χ0v) is 10.5. The zero-order chi connectivity index (χ0) is 12.1. The van der Waals surface area contributed by atoms with E-state index in [0.717, 1.165) is 22.4 Å². The molecule has 0 radical (unpaired) electrons. The normalized spacial score (nSPS) is 10.0. The average molecular weight is 242 g/mol. The second-order valence-corrected chi connectivity index (χ2v) is 3.85. The standard InChI is InChI=1S/C12H16ClNO2/c1-8-9(2)11(16-3)5-4-10(8)7-14-12(15)6-13/h4-5H,6-7H2,1-3H3,(H,14,15). The van der Waals surface area contributed by atoms with Gasteiger partial charge in [0.15, 0.2) is 0 Å². The minimum Gasteiger partial charge on any atom is -0.496 e. The second-order valence-electron chi connectivity index (χ2n) is 3.59. The number of ether oxygens (including phenoxy) is 1. The van der Waals surface area contributed by atoms with Crippen LogP contribution in [-0.2, 0) is 11.3 Å². The van der Waals surface area contributed by atoms with Gasteiger partial charge in [0.2, 0.25) is 5.91 Å². The first kappa shape index (κ1) is 12.8. The van der Waals surface area contributed by atoms with E-state index in [9.17, 15) is 4.79 Å². The van der Waals surface area contributed by atoms with Gasteiger partial charge in [0.25, 0.3) is 0 Å². The highest BCUT2D eigenvalue weighted by molar-refractivity contribution is 6.27. The molecule has 1 aromatic carbocycles. The molecule has 3 nitrogen and oxygen atoms in total. The van der Waals surface area contributed by atoms with Crippen molar-refractivity contribution in [2.24, 2.45) is 0 Å². The van der Waals surface area contributed by atoms with Gasteiger partial charge in [-0.15, -0.1) is 11.6 Å². The van der Waals surface area contributed by atoms with E-state index in [1.807, 2.05) is 26.0 Å². The summed E-state index contributed by atoms with van der Waals surface area (Å²) in [6, 6.07) is 3.86. The lowest BCUT2D eigenvalue weighted by atomic mass is 10.0. The number of benzene rings is 1. The third-order valence-electron chi connectivity index (χ3n) is 2.67. The Kier molecular flexibility index (Phi) is 4.62. The Morgan fingerprint density at radius 2 is 2.06 bits per heavy atom. The summed E-state index contributed by atoms with van der Waals surface area (Å²) in [7, 11) is 1.65. The number of rotatable bonds is 4. The molecule has 16 heavy (non-hydrogen) atoms. The van der Waals surface area contributed by atoms with Crippen molar-refractivity contribution in [3.05, 3.63) is 28.8 Å². The van der Waals surface area contributed by atoms with Gasteiger partial charge < -0.3 is 10.1 Å². The van der Waals surface area contributed by atoms with Crippen LogP contribution in [0.2, 0.25) is 0 Å². The molecule has 1 aromatic rings. The minimum absolute atomic E-state index is 0.00577. The smallest absolute Gasteiger partial charge is 0.235 e. The van der Waals surface area contributed by atoms with Crippen molar-refractivity contribution in [3.8, 4) is 5.75 Å². The van der Waals surface area contributed by atoms with E-state index in [-0.39, 0.29) is 11.8 Å². The molecule has 0 atom stereocenters. The maximum Gasteiger partial charge on any atom is 0.235 e. The van der Waals surface area contributed by atoms with Gasteiger partial charge >= 0.3 is 0 Å². The molecular weight excluding hydrogens is 226 g/mol. The topological polar surface area (TPSA) is 38.3 Å². The Labute approximate surface area is 101 Å². The maximum absolute atomic E-state index is 11.0. The van der Waals surface area contributed by atoms with E-state index in [1.165, 1.54) is 0 Å². The molecule has 0 aromatic heterocycles. The number of alkyl halides is 1. The first-order chi connectivity index (χ1) is 7.60. The van der Waals surface area contributed by atoms with Crippen molar-refractivity contribution in [2.75, 3.05) is 13.0 Å². The van der Waals surface area contributed by atoms with Crippen LogP contribution in [0.5, 0.6) is 5.75 Å². The molecule has 0 saturated heterocycles. The third-order valence-corrected chi connectivity index (χ3v) is 2.91. The molecule has 0 saturated carbocycles. The fourth-order valence-corrected chi connectivity index (χ4v) is 1.60. The number of methoxy groups -OCH3 is 1. The second kappa shape index (κ2) is 5.75. The number of hydrogen-bond donors (Lipinski definition) is 1. The van der Waals surface area contributed by atoms with Gasteiger partial charge in [-0.2, -0.15) is 0 Å². The average Bonchev–Trinajstić information content (AvgIpc) is 2.30. The highest BCUT2D eigenvalue weighted by Gasteiger charge is 2.07. The van der Waals surface area contributed by atoms with Gasteiger partial charge in [-0.3, -0.25) is 4.79 Å². The van der Waals surface area contributed by atoms with Gasteiger partial charge in [0.05, 0.1) is 7.11 Å². The summed E-state index contributed by atoms with van der Waals surface area (Å²) in [6.07, 6.45) is 0. The lowest BCUT2D eigenvalue weighted by Gasteiger charge is -2.12. The number of carbonyl (C=O) groups is 1. The van der Waals surface area contributed by atoms with Crippen LogP contribution < -0.4 is 10.1 Å². The van der Waals surface area contributed by atoms with Crippen LogP contribution >= 0.6 is 11.6 Å². The van der Waals surface area contributed by atoms with E-state index >= 15 is 0 Å². The Morgan fingerprint density at radius 1 is 1.38 bits per heavy atom. The van der Waals surface area contributed by atoms with Crippen molar-refractivity contribution in [3.63, 3.8) is 0 Å². The lowest BCUT2D eigenvalue weighted by molar-refractivity contribution is -0.118. The van der Waals surface area contributed by atoms with Crippen LogP contribution in [-0.4, -0.2) is 18.9 Å². The summed E-state index contributed by atoms with van der Waals surface area (Å²) in [5, 5.41) is 2.74. The highest BCUT2D eigenvalue weighted by Crippen LogP contribution is 2.23. The molecule has 0 spiro atoms. The van der Waals surface area contributed by atoms with Gasteiger partial charge in [-0.1, -0.05) is 6.07 Å². The van der Waals surface area contributed by atoms with Crippen molar-refractivity contribution >= 4 is 17.5 Å². The number of amides is 1. The molecule has 0 aliphatic heterocycles. The van der Waals surface area contributed by atoms with Gasteiger partial charge in [-0.25, -0.2) is 0 Å². The van der Waals surface area contributed by atoms with Crippen LogP contribution in [0, 0.1) is 13.8 Å². The molecule has 0 aliphatic carbocycles. The Morgan fingerprint density at radius 3 is 2.62 bits per heavy atom. The number of halogens is 1. The number of nitrogens with one attached hydrogen (secondary N) is 1. The largest absolute Gasteiger partial charge is 0.496 e. The molecule has 1 rings (SSSR count). The van der Waals surface area contributed by atoms with E-state index in [1.54, 1.807) is 7.11 Å². The Balaban J connectivity index is 2.82.